The zero-order chi connectivity index (χ0) is 26.0. The molecule has 7 heteroatoms. The van der Waals surface area contributed by atoms with Gasteiger partial charge in [0.25, 0.3) is 0 Å². The molecule has 0 aliphatic carbocycles. The van der Waals surface area contributed by atoms with Crippen LogP contribution in [0.5, 0.6) is 0 Å². The number of alkyl halides is 3. The summed E-state index contributed by atoms with van der Waals surface area (Å²) in [5.74, 6) is -1.12. The van der Waals surface area contributed by atoms with E-state index in [2.05, 4.69) is 31.2 Å². The molecule has 0 heterocycles. The minimum Gasteiger partial charge on any atom is -0.479 e. The molecular formula is C29H32F3NO3. The number of rotatable bonds is 13. The van der Waals surface area contributed by atoms with Crippen LogP contribution in [0.2, 0.25) is 0 Å². The van der Waals surface area contributed by atoms with Crippen LogP contribution in [-0.2, 0) is 48.2 Å². The first-order valence-corrected chi connectivity index (χ1v) is 12.1. The lowest BCUT2D eigenvalue weighted by atomic mass is 10.0. The number of halogens is 3. The molecule has 0 aliphatic rings. The number of carboxylic acid groups (broad SMARTS) is 1. The zero-order valence-electron chi connectivity index (χ0n) is 20.4. The maximum absolute atomic E-state index is 12.8. The van der Waals surface area contributed by atoms with Crippen LogP contribution in [0.3, 0.4) is 0 Å². The quantitative estimate of drug-likeness (QED) is 0.261. The summed E-state index contributed by atoms with van der Waals surface area (Å²) in [7, 11) is 0. The van der Waals surface area contributed by atoms with Crippen LogP contribution < -0.4 is 0 Å². The van der Waals surface area contributed by atoms with Crippen LogP contribution >= 0.6 is 0 Å². The first-order chi connectivity index (χ1) is 17.2. The number of carboxylic acids is 1. The summed E-state index contributed by atoms with van der Waals surface area (Å²) in [6, 6.07) is 21.6. The van der Waals surface area contributed by atoms with Gasteiger partial charge in [-0.25, -0.2) is 4.79 Å². The monoisotopic (exact) mass is 499 g/mol. The maximum atomic E-state index is 12.8. The van der Waals surface area contributed by atoms with Crippen LogP contribution in [0.4, 0.5) is 13.2 Å². The predicted molar refractivity (Wildman–Crippen MR) is 133 cm³/mol. The SMILES string of the molecule is CCCCc1ccc(CCc2ccc(CN(Cc3ccc(C(F)(F)F)cc3)OCC(=O)O)cc2)cc1. The van der Waals surface area contributed by atoms with E-state index in [0.717, 1.165) is 37.0 Å². The number of aryl methyl sites for hydroxylation is 3. The third-order valence-electron chi connectivity index (χ3n) is 5.94. The van der Waals surface area contributed by atoms with E-state index in [-0.39, 0.29) is 6.54 Å². The van der Waals surface area contributed by atoms with E-state index in [1.807, 2.05) is 24.3 Å². The Balaban J connectivity index is 1.57. The fraction of sp³-hybridized carbons (Fsp3) is 0.345. The average Bonchev–Trinajstić information content (AvgIpc) is 2.86. The van der Waals surface area contributed by atoms with Gasteiger partial charge in [0, 0.05) is 13.1 Å². The molecule has 0 saturated heterocycles. The highest BCUT2D eigenvalue weighted by Crippen LogP contribution is 2.29. The highest BCUT2D eigenvalue weighted by molar-refractivity contribution is 5.67. The van der Waals surface area contributed by atoms with Gasteiger partial charge in [-0.2, -0.15) is 18.2 Å². The molecule has 0 bridgehead atoms. The summed E-state index contributed by atoms with van der Waals surface area (Å²) >= 11 is 0. The largest absolute Gasteiger partial charge is 0.479 e. The molecule has 3 rings (SSSR count). The Kier molecular flexibility index (Phi) is 10.1. The van der Waals surface area contributed by atoms with Crippen LogP contribution in [0, 0.1) is 0 Å². The van der Waals surface area contributed by atoms with E-state index >= 15 is 0 Å². The highest BCUT2D eigenvalue weighted by Gasteiger charge is 2.30. The van der Waals surface area contributed by atoms with Crippen molar-refractivity contribution in [3.8, 4) is 0 Å². The van der Waals surface area contributed by atoms with E-state index in [9.17, 15) is 18.0 Å². The van der Waals surface area contributed by atoms with Crippen LogP contribution in [0.25, 0.3) is 0 Å². The Morgan fingerprint density at radius 1 is 0.750 bits per heavy atom. The summed E-state index contributed by atoms with van der Waals surface area (Å²) in [5, 5.41) is 10.4. The van der Waals surface area contributed by atoms with Gasteiger partial charge in [0.05, 0.1) is 5.56 Å². The molecule has 0 radical (unpaired) electrons. The van der Waals surface area contributed by atoms with Gasteiger partial charge in [0.1, 0.15) is 0 Å². The molecule has 3 aromatic rings. The first kappa shape index (κ1) is 27.4. The second-order valence-corrected chi connectivity index (χ2v) is 8.90. The van der Waals surface area contributed by atoms with Crippen molar-refractivity contribution < 1.29 is 27.9 Å². The van der Waals surface area contributed by atoms with Gasteiger partial charge in [-0.15, -0.1) is 0 Å². The van der Waals surface area contributed by atoms with Gasteiger partial charge in [0.15, 0.2) is 6.61 Å². The second kappa shape index (κ2) is 13.2. The number of benzene rings is 3. The molecule has 36 heavy (non-hydrogen) atoms. The Labute approximate surface area is 210 Å². The molecule has 0 fully saturated rings. The van der Waals surface area contributed by atoms with E-state index in [4.69, 9.17) is 9.94 Å². The highest BCUT2D eigenvalue weighted by atomic mass is 19.4. The third kappa shape index (κ3) is 9.13. The van der Waals surface area contributed by atoms with Crippen molar-refractivity contribution >= 4 is 5.97 Å². The number of nitrogens with zero attached hydrogens (tertiary/aromatic N) is 1. The Morgan fingerprint density at radius 2 is 1.17 bits per heavy atom. The number of hydrogen-bond donors (Lipinski definition) is 1. The summed E-state index contributed by atoms with van der Waals surface area (Å²) < 4.78 is 38.5. The number of hydrogen-bond acceptors (Lipinski definition) is 3. The number of carbonyl (C=O) groups is 1. The number of hydroxylamine groups is 2. The van der Waals surface area contributed by atoms with Crippen molar-refractivity contribution in [1.82, 2.24) is 5.06 Å². The van der Waals surface area contributed by atoms with Crippen molar-refractivity contribution in [2.75, 3.05) is 6.61 Å². The standard InChI is InChI=1S/C29H32F3NO3/c1-2-3-4-22-5-7-23(8-6-22)9-10-24-11-13-25(14-12-24)19-33(36-21-28(34)35)20-26-15-17-27(18-16-26)29(30,31)32/h5-8,11-18H,2-4,9-10,19-21H2,1H3,(H,34,35). The van der Waals surface area contributed by atoms with Crippen molar-refractivity contribution in [3.63, 3.8) is 0 Å². The lowest BCUT2D eigenvalue weighted by molar-refractivity contribution is -0.190. The van der Waals surface area contributed by atoms with Gasteiger partial charge in [-0.1, -0.05) is 74.0 Å². The molecule has 1 N–H and O–H groups in total. The van der Waals surface area contributed by atoms with E-state index in [1.54, 1.807) is 0 Å². The molecule has 192 valence electrons. The number of aliphatic carboxylic acids is 1. The van der Waals surface area contributed by atoms with Gasteiger partial charge in [-0.3, -0.25) is 4.84 Å². The van der Waals surface area contributed by atoms with E-state index < -0.39 is 24.3 Å². The number of unbranched alkanes of at least 4 members (excludes halogenated alkanes) is 1. The fourth-order valence-corrected chi connectivity index (χ4v) is 3.85. The van der Waals surface area contributed by atoms with Crippen LogP contribution in [0.15, 0.2) is 72.8 Å². The maximum Gasteiger partial charge on any atom is 0.416 e. The van der Waals surface area contributed by atoms with Crippen LogP contribution in [0.1, 0.15) is 53.1 Å². The van der Waals surface area contributed by atoms with Crippen molar-refractivity contribution in [3.05, 3.63) is 106 Å². The second-order valence-electron chi connectivity index (χ2n) is 8.90. The minimum absolute atomic E-state index is 0.154. The van der Waals surface area contributed by atoms with Gasteiger partial charge >= 0.3 is 12.1 Å². The van der Waals surface area contributed by atoms with Crippen molar-refractivity contribution in [1.29, 1.82) is 0 Å². The molecule has 3 aromatic carbocycles. The molecule has 0 unspecified atom stereocenters. The molecule has 0 spiro atoms. The Morgan fingerprint density at radius 3 is 1.58 bits per heavy atom. The smallest absolute Gasteiger partial charge is 0.416 e. The molecular weight excluding hydrogens is 467 g/mol. The normalized spacial score (nSPS) is 11.7. The molecule has 0 atom stereocenters. The van der Waals surface area contributed by atoms with Gasteiger partial charge in [0.2, 0.25) is 0 Å². The predicted octanol–water partition coefficient (Wildman–Crippen LogP) is 6.85. The summed E-state index contributed by atoms with van der Waals surface area (Å²) in [4.78, 5) is 16.4. The molecule has 0 aromatic heterocycles. The zero-order valence-corrected chi connectivity index (χ0v) is 20.4. The Bertz CT molecular complexity index is 1080. The fourth-order valence-electron chi connectivity index (χ4n) is 3.85. The average molecular weight is 500 g/mol. The Hall–Kier alpha value is -3.16. The minimum atomic E-state index is -4.40. The van der Waals surface area contributed by atoms with E-state index in [1.165, 1.54) is 46.7 Å². The summed E-state index contributed by atoms with van der Waals surface area (Å²) in [6.07, 6.45) is 0.946. The lowest BCUT2D eigenvalue weighted by Crippen LogP contribution is -2.26. The summed E-state index contributed by atoms with van der Waals surface area (Å²) in [5.41, 5.74) is 4.63. The molecule has 0 aliphatic heterocycles. The topological polar surface area (TPSA) is 49.8 Å². The molecule has 0 saturated carbocycles. The lowest BCUT2D eigenvalue weighted by Gasteiger charge is -2.21. The third-order valence-corrected chi connectivity index (χ3v) is 5.94. The van der Waals surface area contributed by atoms with Gasteiger partial charge < -0.3 is 5.11 Å². The molecule has 0 amide bonds. The molecule has 4 nitrogen and oxygen atoms in total. The van der Waals surface area contributed by atoms with Crippen molar-refractivity contribution in [2.45, 2.75) is 58.3 Å². The van der Waals surface area contributed by atoms with Crippen molar-refractivity contribution in [2.24, 2.45) is 0 Å². The van der Waals surface area contributed by atoms with Crippen LogP contribution in [-0.4, -0.2) is 22.7 Å². The van der Waals surface area contributed by atoms with E-state index in [0.29, 0.717) is 12.1 Å². The van der Waals surface area contributed by atoms with Gasteiger partial charge in [-0.05, 0) is 65.6 Å². The summed E-state index contributed by atoms with van der Waals surface area (Å²) in [6.45, 7) is 2.12. The first-order valence-electron chi connectivity index (χ1n) is 12.1.